The van der Waals surface area contributed by atoms with Gasteiger partial charge in [-0.15, -0.1) is 0 Å². The summed E-state index contributed by atoms with van der Waals surface area (Å²) in [6.07, 6.45) is 0.438. The molecule has 1 fully saturated rings. The molecule has 2 aliphatic rings. The Labute approximate surface area is 273 Å². The van der Waals surface area contributed by atoms with E-state index in [4.69, 9.17) is 44.9 Å². The van der Waals surface area contributed by atoms with Crippen molar-refractivity contribution in [2.24, 2.45) is 0 Å². The molecule has 2 aromatic carbocycles. The van der Waals surface area contributed by atoms with Crippen molar-refractivity contribution >= 4 is 66.0 Å². The summed E-state index contributed by atoms with van der Waals surface area (Å²) in [5.41, 5.74) is 1.69. The highest BCUT2D eigenvalue weighted by molar-refractivity contribution is 7.80. The number of halogens is 2. The summed E-state index contributed by atoms with van der Waals surface area (Å²) in [5, 5.41) is 4.40. The van der Waals surface area contributed by atoms with Gasteiger partial charge in [0.1, 0.15) is 17.6 Å². The standard InChI is InChI=1S/C27H28Cl2N2O3S.C6H16OSi/c1-15(2)24-27(20(13-22(35)30-24)16-7-6-8-17(28)11-16)19-10-9-18(29)12-21(19)31(25(27)33)14-23(32)34-26(3,4)5;1-6(7-2)8(3,4)5/h6-12,20,24H,1,13-14H2,2-5H3,(H,30,35);6H,1-5H3/t20-,24-,27-;/m0./s1. The molecule has 0 saturated carbocycles. The molecule has 2 aromatic rings. The summed E-state index contributed by atoms with van der Waals surface area (Å²) in [5.74, 6) is -1.07. The molecule has 0 radical (unpaired) electrons. The van der Waals surface area contributed by atoms with Gasteiger partial charge in [0.05, 0.1) is 24.8 Å². The van der Waals surface area contributed by atoms with Crippen molar-refractivity contribution in [3.63, 3.8) is 0 Å². The van der Waals surface area contributed by atoms with Crippen LogP contribution in [-0.2, 0) is 24.5 Å². The Hall–Kier alpha value is -2.23. The van der Waals surface area contributed by atoms with E-state index in [1.165, 1.54) is 4.90 Å². The summed E-state index contributed by atoms with van der Waals surface area (Å²) < 4.78 is 10.7. The number of thiocarbonyl (C=S) groups is 1. The van der Waals surface area contributed by atoms with E-state index in [9.17, 15) is 9.59 Å². The lowest BCUT2D eigenvalue weighted by atomic mass is 9.59. The topological polar surface area (TPSA) is 67.9 Å². The first kappa shape index (κ1) is 35.2. The third kappa shape index (κ3) is 7.71. The molecule has 1 amide bonds. The number of hydrogen-bond acceptors (Lipinski definition) is 5. The van der Waals surface area contributed by atoms with Crippen LogP contribution in [0.4, 0.5) is 5.69 Å². The van der Waals surface area contributed by atoms with Crippen LogP contribution < -0.4 is 10.2 Å². The van der Waals surface area contributed by atoms with E-state index in [1.807, 2.05) is 31.2 Å². The van der Waals surface area contributed by atoms with E-state index >= 15 is 0 Å². The van der Waals surface area contributed by atoms with E-state index < -0.39 is 31.1 Å². The van der Waals surface area contributed by atoms with E-state index in [0.717, 1.165) is 16.7 Å². The lowest BCUT2D eigenvalue weighted by molar-refractivity contribution is -0.153. The van der Waals surface area contributed by atoms with Crippen LogP contribution in [0.5, 0.6) is 0 Å². The number of hydrogen-bond donors (Lipinski definition) is 1. The second-order valence-electron chi connectivity index (χ2n) is 13.4. The van der Waals surface area contributed by atoms with E-state index in [-0.39, 0.29) is 18.4 Å². The molecule has 1 unspecified atom stereocenters. The molecule has 0 bridgehead atoms. The average Bonchev–Trinajstić information content (AvgIpc) is 3.10. The second-order valence-corrected chi connectivity index (χ2v) is 20.3. The number of carbonyl (C=O) groups is 2. The highest BCUT2D eigenvalue weighted by atomic mass is 35.5. The predicted octanol–water partition coefficient (Wildman–Crippen LogP) is 7.87. The minimum Gasteiger partial charge on any atom is -0.459 e. The number of rotatable bonds is 6. The number of carbonyl (C=O) groups excluding carboxylic acids is 2. The number of nitrogens with zero attached hydrogens (tertiary/aromatic N) is 1. The molecule has 4 rings (SSSR count). The Kier molecular flexibility index (Phi) is 11.0. The van der Waals surface area contributed by atoms with Crippen LogP contribution in [-0.4, -0.2) is 56.0 Å². The molecule has 0 aliphatic carbocycles. The molecule has 0 aromatic heterocycles. The number of methoxy groups -OCH3 is 1. The first-order valence-corrected chi connectivity index (χ1v) is 19.1. The van der Waals surface area contributed by atoms with Gasteiger partial charge in [0.15, 0.2) is 0 Å². The van der Waals surface area contributed by atoms with Crippen molar-refractivity contribution in [2.75, 3.05) is 18.6 Å². The predicted molar refractivity (Wildman–Crippen MR) is 184 cm³/mol. The fourth-order valence-electron chi connectivity index (χ4n) is 5.65. The van der Waals surface area contributed by atoms with Gasteiger partial charge in [-0.25, -0.2) is 0 Å². The van der Waals surface area contributed by atoms with Gasteiger partial charge < -0.3 is 14.8 Å². The number of benzene rings is 2. The first-order chi connectivity index (χ1) is 19.8. The molecule has 234 valence electrons. The Bertz CT molecular complexity index is 1400. The van der Waals surface area contributed by atoms with Gasteiger partial charge in [-0.1, -0.05) is 85.4 Å². The summed E-state index contributed by atoms with van der Waals surface area (Å²) in [7, 11) is 0.798. The highest BCUT2D eigenvalue weighted by Crippen LogP contribution is 2.56. The van der Waals surface area contributed by atoms with Crippen molar-refractivity contribution in [1.29, 1.82) is 0 Å². The monoisotopic (exact) mass is 662 g/mol. The quantitative estimate of drug-likeness (QED) is 0.147. The fourth-order valence-corrected chi connectivity index (χ4v) is 7.01. The van der Waals surface area contributed by atoms with Crippen LogP contribution in [0.3, 0.4) is 0 Å². The van der Waals surface area contributed by atoms with Crippen molar-refractivity contribution in [3.8, 4) is 0 Å². The lowest BCUT2D eigenvalue weighted by Gasteiger charge is -2.48. The minimum atomic E-state index is -1.11. The largest absolute Gasteiger partial charge is 0.459 e. The van der Waals surface area contributed by atoms with Crippen LogP contribution >= 0.6 is 35.4 Å². The van der Waals surface area contributed by atoms with Crippen LogP contribution in [0.15, 0.2) is 54.6 Å². The fraction of sp³-hybridized carbons (Fsp3) is 0.485. The van der Waals surface area contributed by atoms with Gasteiger partial charge in [0, 0.05) is 35.2 Å². The van der Waals surface area contributed by atoms with Crippen molar-refractivity contribution in [1.82, 2.24) is 5.32 Å². The van der Waals surface area contributed by atoms with Gasteiger partial charge in [-0.3, -0.25) is 14.5 Å². The van der Waals surface area contributed by atoms with E-state index in [1.54, 1.807) is 46.1 Å². The van der Waals surface area contributed by atoms with E-state index in [2.05, 4.69) is 38.5 Å². The van der Waals surface area contributed by atoms with E-state index in [0.29, 0.717) is 32.9 Å². The second kappa shape index (κ2) is 13.4. The van der Waals surface area contributed by atoms with Crippen LogP contribution in [0, 0.1) is 0 Å². The highest BCUT2D eigenvalue weighted by Gasteiger charge is 2.62. The van der Waals surface area contributed by atoms with Crippen molar-refractivity contribution < 1.29 is 19.1 Å². The number of ether oxygens (including phenoxy) is 2. The normalized spacial score (nSPS) is 22.3. The molecule has 43 heavy (non-hydrogen) atoms. The average molecular weight is 664 g/mol. The molecule has 4 atom stereocenters. The molecular weight excluding hydrogens is 619 g/mol. The maximum Gasteiger partial charge on any atom is 0.326 e. The number of anilines is 1. The minimum absolute atomic E-state index is 0.228. The summed E-state index contributed by atoms with van der Waals surface area (Å²) in [6, 6.07) is 12.4. The first-order valence-electron chi connectivity index (χ1n) is 14.4. The number of piperidine rings is 1. The third-order valence-electron chi connectivity index (χ3n) is 8.02. The molecule has 2 heterocycles. The molecule has 1 N–H and O–H groups in total. The van der Waals surface area contributed by atoms with Crippen LogP contribution in [0.1, 0.15) is 58.1 Å². The molecule has 1 saturated heterocycles. The smallest absolute Gasteiger partial charge is 0.326 e. The van der Waals surface area contributed by atoms with Crippen LogP contribution in [0.2, 0.25) is 29.7 Å². The SMILES string of the molecule is C=C(C)[C@@H]1NC(=S)C[C@@H](c2cccc(Cl)c2)[C@]12C(=O)N(CC(=O)OC(C)(C)C)c1cc(Cl)ccc12.COC(C)[Si](C)(C)C. The maximum absolute atomic E-state index is 14.6. The Morgan fingerprint density at radius 3 is 2.33 bits per heavy atom. The zero-order valence-electron chi connectivity index (χ0n) is 26.6. The lowest BCUT2D eigenvalue weighted by Crippen LogP contribution is -2.63. The zero-order valence-corrected chi connectivity index (χ0v) is 30.0. The molecule has 10 heteroatoms. The molecule has 1 spiro atoms. The summed E-state index contributed by atoms with van der Waals surface area (Å²) in [4.78, 5) is 29.6. The van der Waals surface area contributed by atoms with Gasteiger partial charge in [-0.2, -0.15) is 0 Å². The number of fused-ring (bicyclic) bond motifs is 2. The van der Waals surface area contributed by atoms with Gasteiger partial charge in [0.25, 0.3) is 0 Å². The molecule has 2 aliphatic heterocycles. The number of amides is 1. The van der Waals surface area contributed by atoms with Crippen molar-refractivity contribution in [3.05, 3.63) is 75.8 Å². The number of esters is 1. The van der Waals surface area contributed by atoms with Gasteiger partial charge in [0.2, 0.25) is 5.91 Å². The van der Waals surface area contributed by atoms with Gasteiger partial charge in [-0.05, 0) is 70.0 Å². The number of nitrogens with one attached hydrogen (secondary N) is 1. The molecule has 6 nitrogen and oxygen atoms in total. The van der Waals surface area contributed by atoms with Crippen molar-refractivity contribution in [2.45, 2.75) is 89.4 Å². The molecular formula is C33H44Cl2N2O4SSi. The Morgan fingerprint density at radius 2 is 1.81 bits per heavy atom. The Balaban J connectivity index is 0.000000557. The van der Waals surface area contributed by atoms with Gasteiger partial charge >= 0.3 is 5.97 Å². The maximum atomic E-state index is 14.6. The van der Waals surface area contributed by atoms with Crippen LogP contribution in [0.25, 0.3) is 0 Å². The summed E-state index contributed by atoms with van der Waals surface area (Å²) >= 11 is 18.4. The summed E-state index contributed by atoms with van der Waals surface area (Å²) in [6.45, 7) is 20.3. The Morgan fingerprint density at radius 1 is 1.19 bits per heavy atom. The zero-order chi connectivity index (χ0) is 32.5. The third-order valence-corrected chi connectivity index (χ3v) is 11.4.